The summed E-state index contributed by atoms with van der Waals surface area (Å²) in [6.07, 6.45) is 3.51. The molecule has 0 saturated carbocycles. The first-order chi connectivity index (χ1) is 13.1. The summed E-state index contributed by atoms with van der Waals surface area (Å²) in [6, 6.07) is 9.67. The lowest BCUT2D eigenvalue weighted by Gasteiger charge is -2.39. The highest BCUT2D eigenvalue weighted by molar-refractivity contribution is 5.86. The molecule has 27 heavy (non-hydrogen) atoms. The molecule has 2 aliphatic heterocycles. The predicted molar refractivity (Wildman–Crippen MR) is 101 cm³/mol. The number of amides is 2. The molecule has 0 radical (unpaired) electrons. The second-order valence-electron chi connectivity index (χ2n) is 7.00. The van der Waals surface area contributed by atoms with Gasteiger partial charge in [0.05, 0.1) is 11.6 Å². The van der Waals surface area contributed by atoms with Gasteiger partial charge in [0.15, 0.2) is 0 Å². The summed E-state index contributed by atoms with van der Waals surface area (Å²) >= 11 is 0. The van der Waals surface area contributed by atoms with Crippen molar-refractivity contribution in [3.05, 3.63) is 54.0 Å². The van der Waals surface area contributed by atoms with Gasteiger partial charge < -0.3 is 14.7 Å². The van der Waals surface area contributed by atoms with Crippen LogP contribution in [0.5, 0.6) is 0 Å². The van der Waals surface area contributed by atoms with E-state index in [2.05, 4.69) is 14.9 Å². The van der Waals surface area contributed by atoms with E-state index in [0.29, 0.717) is 26.2 Å². The van der Waals surface area contributed by atoms with Crippen molar-refractivity contribution >= 4 is 17.6 Å². The second-order valence-corrected chi connectivity index (χ2v) is 7.00. The van der Waals surface area contributed by atoms with Crippen LogP contribution < -0.4 is 4.90 Å². The third kappa shape index (κ3) is 3.49. The SMILES string of the molecule is CC(=O)N1Cc2cccnc2C(C(=O)N2CCN(c3ccccn3)CC2)C1. The summed E-state index contributed by atoms with van der Waals surface area (Å²) in [7, 11) is 0. The molecule has 0 bridgehead atoms. The number of nitrogens with zero attached hydrogens (tertiary/aromatic N) is 5. The van der Waals surface area contributed by atoms with Gasteiger partial charge in [0.25, 0.3) is 0 Å². The van der Waals surface area contributed by atoms with Crippen molar-refractivity contribution in [3.8, 4) is 0 Å². The van der Waals surface area contributed by atoms with Gasteiger partial charge >= 0.3 is 0 Å². The number of carbonyl (C=O) groups is 2. The van der Waals surface area contributed by atoms with Crippen LogP contribution in [-0.4, -0.2) is 64.3 Å². The average molecular weight is 365 g/mol. The number of hydrogen-bond acceptors (Lipinski definition) is 5. The molecule has 0 aromatic carbocycles. The highest BCUT2D eigenvalue weighted by Gasteiger charge is 2.36. The summed E-state index contributed by atoms with van der Waals surface area (Å²) in [6.45, 7) is 5.27. The van der Waals surface area contributed by atoms with Gasteiger partial charge in [-0.25, -0.2) is 4.98 Å². The predicted octanol–water partition coefficient (Wildman–Crippen LogP) is 1.27. The van der Waals surface area contributed by atoms with Crippen LogP contribution in [0.2, 0.25) is 0 Å². The maximum absolute atomic E-state index is 13.2. The van der Waals surface area contributed by atoms with Gasteiger partial charge in [-0.3, -0.25) is 14.6 Å². The van der Waals surface area contributed by atoms with E-state index < -0.39 is 0 Å². The fraction of sp³-hybridized carbons (Fsp3) is 0.400. The standard InChI is InChI=1S/C20H23N5O2/c1-15(26)25-13-16-5-4-8-22-19(16)17(14-25)20(27)24-11-9-23(10-12-24)18-6-2-3-7-21-18/h2-8,17H,9-14H2,1H3. The third-order valence-electron chi connectivity index (χ3n) is 5.33. The van der Waals surface area contributed by atoms with Crippen molar-refractivity contribution in [2.24, 2.45) is 0 Å². The van der Waals surface area contributed by atoms with E-state index in [1.165, 1.54) is 0 Å². The normalized spacial score (nSPS) is 19.6. The smallest absolute Gasteiger partial charge is 0.233 e. The lowest BCUT2D eigenvalue weighted by Crippen LogP contribution is -2.52. The van der Waals surface area contributed by atoms with E-state index in [0.717, 1.165) is 30.2 Å². The van der Waals surface area contributed by atoms with Crippen LogP contribution in [-0.2, 0) is 16.1 Å². The molecule has 4 rings (SSSR count). The van der Waals surface area contributed by atoms with Crippen molar-refractivity contribution < 1.29 is 9.59 Å². The van der Waals surface area contributed by atoms with Crippen molar-refractivity contribution in [3.63, 3.8) is 0 Å². The number of carbonyl (C=O) groups excluding carboxylic acids is 2. The molecular weight excluding hydrogens is 342 g/mol. The molecule has 2 aromatic heterocycles. The quantitative estimate of drug-likeness (QED) is 0.802. The van der Waals surface area contributed by atoms with Gasteiger partial charge in [-0.15, -0.1) is 0 Å². The third-order valence-corrected chi connectivity index (χ3v) is 5.33. The lowest BCUT2D eigenvalue weighted by molar-refractivity contribution is -0.136. The van der Waals surface area contributed by atoms with Crippen molar-refractivity contribution in [1.82, 2.24) is 19.8 Å². The highest BCUT2D eigenvalue weighted by Crippen LogP contribution is 2.28. The number of anilines is 1. The van der Waals surface area contributed by atoms with Gasteiger partial charge in [-0.05, 0) is 23.8 Å². The van der Waals surface area contributed by atoms with E-state index in [4.69, 9.17) is 0 Å². The Bertz CT molecular complexity index is 833. The summed E-state index contributed by atoms with van der Waals surface area (Å²) in [5.41, 5.74) is 1.77. The summed E-state index contributed by atoms with van der Waals surface area (Å²) in [5.74, 6) is 0.598. The van der Waals surface area contributed by atoms with Crippen LogP contribution in [0.3, 0.4) is 0 Å². The molecule has 0 N–H and O–H groups in total. The molecule has 2 aromatic rings. The lowest BCUT2D eigenvalue weighted by atomic mass is 9.93. The van der Waals surface area contributed by atoms with Crippen LogP contribution in [0.15, 0.2) is 42.7 Å². The second kappa shape index (κ2) is 7.34. The molecule has 4 heterocycles. The number of fused-ring (bicyclic) bond motifs is 1. The Morgan fingerprint density at radius 2 is 1.74 bits per heavy atom. The van der Waals surface area contributed by atoms with Crippen molar-refractivity contribution in [2.45, 2.75) is 19.4 Å². The van der Waals surface area contributed by atoms with E-state index >= 15 is 0 Å². The number of hydrogen-bond donors (Lipinski definition) is 0. The van der Waals surface area contributed by atoms with E-state index in [1.807, 2.05) is 35.2 Å². The monoisotopic (exact) mass is 365 g/mol. The summed E-state index contributed by atoms with van der Waals surface area (Å²) in [5, 5.41) is 0. The number of aromatic nitrogens is 2. The number of rotatable bonds is 2. The molecular formula is C20H23N5O2. The van der Waals surface area contributed by atoms with Gasteiger partial charge in [0.2, 0.25) is 11.8 Å². The Labute approximate surface area is 158 Å². The van der Waals surface area contributed by atoms with Crippen LogP contribution >= 0.6 is 0 Å². The topological polar surface area (TPSA) is 69.6 Å². The molecule has 0 spiro atoms. The summed E-state index contributed by atoms with van der Waals surface area (Å²) < 4.78 is 0. The van der Waals surface area contributed by atoms with E-state index in [1.54, 1.807) is 24.2 Å². The molecule has 7 heteroatoms. The first kappa shape index (κ1) is 17.5. The van der Waals surface area contributed by atoms with Crippen molar-refractivity contribution in [2.75, 3.05) is 37.6 Å². The highest BCUT2D eigenvalue weighted by atomic mass is 16.2. The first-order valence-corrected chi connectivity index (χ1v) is 9.27. The largest absolute Gasteiger partial charge is 0.353 e. The number of piperazine rings is 1. The van der Waals surface area contributed by atoms with Gasteiger partial charge in [0.1, 0.15) is 5.82 Å². The van der Waals surface area contributed by atoms with Crippen LogP contribution in [0.25, 0.3) is 0 Å². The molecule has 1 unspecified atom stereocenters. The zero-order chi connectivity index (χ0) is 18.8. The van der Waals surface area contributed by atoms with E-state index in [-0.39, 0.29) is 17.7 Å². The van der Waals surface area contributed by atoms with Crippen LogP contribution in [0.4, 0.5) is 5.82 Å². The zero-order valence-corrected chi connectivity index (χ0v) is 15.4. The Morgan fingerprint density at radius 1 is 0.963 bits per heavy atom. The Balaban J connectivity index is 1.49. The van der Waals surface area contributed by atoms with Crippen LogP contribution in [0.1, 0.15) is 24.1 Å². The molecule has 0 aliphatic carbocycles. The number of pyridine rings is 2. The Morgan fingerprint density at radius 3 is 2.44 bits per heavy atom. The van der Waals surface area contributed by atoms with Gasteiger partial charge in [0, 0.05) is 58.6 Å². The maximum Gasteiger partial charge on any atom is 0.233 e. The van der Waals surface area contributed by atoms with Crippen LogP contribution in [0, 0.1) is 0 Å². The molecule has 1 fully saturated rings. The Kier molecular flexibility index (Phi) is 4.75. The average Bonchev–Trinajstić information content (AvgIpc) is 2.73. The minimum atomic E-state index is -0.389. The molecule has 2 amide bonds. The summed E-state index contributed by atoms with van der Waals surface area (Å²) in [4.78, 5) is 39.8. The molecule has 1 saturated heterocycles. The minimum Gasteiger partial charge on any atom is -0.353 e. The molecule has 140 valence electrons. The van der Waals surface area contributed by atoms with Crippen molar-refractivity contribution in [1.29, 1.82) is 0 Å². The zero-order valence-electron chi connectivity index (χ0n) is 15.4. The maximum atomic E-state index is 13.2. The minimum absolute atomic E-state index is 0.0118. The first-order valence-electron chi connectivity index (χ1n) is 9.27. The fourth-order valence-corrected chi connectivity index (χ4v) is 3.83. The van der Waals surface area contributed by atoms with E-state index in [9.17, 15) is 9.59 Å². The molecule has 2 aliphatic rings. The van der Waals surface area contributed by atoms with Gasteiger partial charge in [-0.1, -0.05) is 12.1 Å². The van der Waals surface area contributed by atoms with Gasteiger partial charge in [-0.2, -0.15) is 0 Å². The Hall–Kier alpha value is -2.96. The fourth-order valence-electron chi connectivity index (χ4n) is 3.83. The molecule has 1 atom stereocenters. The molecule has 7 nitrogen and oxygen atoms in total.